The summed E-state index contributed by atoms with van der Waals surface area (Å²) < 4.78 is 23.0. The van der Waals surface area contributed by atoms with Crippen molar-refractivity contribution in [3.05, 3.63) is 34.7 Å². The fraction of sp³-hybridized carbons (Fsp3) is 0.111. The van der Waals surface area contributed by atoms with Gasteiger partial charge in [-0.25, -0.2) is 8.42 Å². The van der Waals surface area contributed by atoms with Crippen molar-refractivity contribution in [3.8, 4) is 0 Å². The van der Waals surface area contributed by atoms with E-state index in [0.717, 1.165) is 5.56 Å². The largest absolute Gasteiger partial charge is 0.219 e. The predicted octanol–water partition coefficient (Wildman–Crippen LogP) is 1.83. The first-order valence-electron chi connectivity index (χ1n) is 3.65. The molecule has 0 fully saturated rings. The summed E-state index contributed by atoms with van der Waals surface area (Å²) >= 11 is 0. The lowest BCUT2D eigenvalue weighted by Gasteiger charge is -1.96. The molecule has 0 amide bonds. The number of allylic oxidation sites excluding steroid dienone is 1. The van der Waals surface area contributed by atoms with Crippen molar-refractivity contribution in [1.82, 2.24) is 0 Å². The summed E-state index contributed by atoms with van der Waals surface area (Å²) in [6.07, 6.45) is 1.70. The highest BCUT2D eigenvalue weighted by atomic mass is 32.2. The van der Waals surface area contributed by atoms with Gasteiger partial charge in [-0.1, -0.05) is 18.2 Å². The maximum Gasteiger partial charge on any atom is 0.203 e. The van der Waals surface area contributed by atoms with Gasteiger partial charge in [-0.15, -0.1) is 0 Å². The Labute approximate surface area is 71.5 Å². The monoisotopic (exact) mass is 180 g/mol. The Morgan fingerprint density at radius 1 is 1.17 bits per heavy atom. The second-order valence-corrected chi connectivity index (χ2v) is 4.89. The van der Waals surface area contributed by atoms with E-state index in [2.05, 4.69) is 0 Å². The predicted molar refractivity (Wildman–Crippen MR) is 47.3 cm³/mol. The van der Waals surface area contributed by atoms with Gasteiger partial charge < -0.3 is 0 Å². The van der Waals surface area contributed by atoms with Crippen molar-refractivity contribution in [2.45, 2.75) is 11.8 Å². The van der Waals surface area contributed by atoms with Crippen molar-refractivity contribution in [2.75, 3.05) is 0 Å². The summed E-state index contributed by atoms with van der Waals surface area (Å²) in [5.74, 6) is 0. The van der Waals surface area contributed by atoms with Gasteiger partial charge in [0, 0.05) is 4.91 Å². The molecule has 1 heterocycles. The number of hydrogen-bond donors (Lipinski definition) is 0. The second kappa shape index (κ2) is 2.20. The zero-order chi connectivity index (χ0) is 8.77. The average molecular weight is 180 g/mol. The molecule has 12 heavy (non-hydrogen) atoms. The van der Waals surface area contributed by atoms with Crippen molar-refractivity contribution in [3.63, 3.8) is 0 Å². The van der Waals surface area contributed by atoms with E-state index in [4.69, 9.17) is 0 Å². The van der Waals surface area contributed by atoms with Crippen LogP contribution in [0.15, 0.2) is 34.1 Å². The molecule has 0 spiro atoms. The highest BCUT2D eigenvalue weighted by molar-refractivity contribution is 7.95. The zero-order valence-corrected chi connectivity index (χ0v) is 7.43. The summed E-state index contributed by atoms with van der Waals surface area (Å²) in [6.45, 7) is 1.62. The maximum absolute atomic E-state index is 11.5. The van der Waals surface area contributed by atoms with Crippen LogP contribution in [0.3, 0.4) is 0 Å². The topological polar surface area (TPSA) is 34.1 Å². The molecule has 1 aliphatic rings. The van der Waals surface area contributed by atoms with E-state index < -0.39 is 9.84 Å². The molecular weight excluding hydrogens is 172 g/mol. The molecule has 3 heteroatoms. The Morgan fingerprint density at radius 3 is 2.50 bits per heavy atom. The first-order valence-corrected chi connectivity index (χ1v) is 5.13. The van der Waals surface area contributed by atoms with Crippen molar-refractivity contribution < 1.29 is 8.42 Å². The highest BCUT2D eigenvalue weighted by Gasteiger charge is 2.25. The van der Waals surface area contributed by atoms with Crippen LogP contribution < -0.4 is 0 Å². The molecule has 0 aliphatic carbocycles. The van der Waals surface area contributed by atoms with E-state index in [-0.39, 0.29) is 0 Å². The molecule has 1 aliphatic heterocycles. The molecule has 0 aromatic heterocycles. The van der Waals surface area contributed by atoms with Gasteiger partial charge in [0.05, 0.1) is 4.90 Å². The molecule has 0 bridgehead atoms. The van der Waals surface area contributed by atoms with Crippen LogP contribution in [0, 0.1) is 0 Å². The number of benzene rings is 1. The normalized spacial score (nSPS) is 18.6. The molecule has 0 N–H and O–H groups in total. The van der Waals surface area contributed by atoms with E-state index >= 15 is 0 Å². The summed E-state index contributed by atoms with van der Waals surface area (Å²) in [7, 11) is -3.12. The molecule has 0 unspecified atom stereocenters. The van der Waals surface area contributed by atoms with Crippen molar-refractivity contribution in [2.24, 2.45) is 0 Å². The summed E-state index contributed by atoms with van der Waals surface area (Å²) in [4.78, 5) is 0.867. The minimum absolute atomic E-state index is 0.433. The van der Waals surface area contributed by atoms with E-state index in [1.165, 1.54) is 0 Å². The molecule has 0 saturated carbocycles. The Hall–Kier alpha value is -1.09. The van der Waals surface area contributed by atoms with Gasteiger partial charge in [-0.3, -0.25) is 0 Å². The Balaban J connectivity index is 2.83. The number of rotatable bonds is 0. The Morgan fingerprint density at radius 2 is 1.83 bits per heavy atom. The van der Waals surface area contributed by atoms with Crippen molar-refractivity contribution in [1.29, 1.82) is 0 Å². The van der Waals surface area contributed by atoms with Gasteiger partial charge in [-0.05, 0) is 24.6 Å². The van der Waals surface area contributed by atoms with Crippen LogP contribution in [0.4, 0.5) is 0 Å². The summed E-state index contributed by atoms with van der Waals surface area (Å²) in [5.41, 5.74) is 0.801. The summed E-state index contributed by atoms with van der Waals surface area (Å²) in [5, 5.41) is 0. The molecule has 2 nitrogen and oxygen atoms in total. The fourth-order valence-corrected chi connectivity index (χ4v) is 2.64. The Bertz CT molecular complexity index is 455. The van der Waals surface area contributed by atoms with Gasteiger partial charge in [0.1, 0.15) is 0 Å². The van der Waals surface area contributed by atoms with Gasteiger partial charge in [0.2, 0.25) is 9.84 Å². The van der Waals surface area contributed by atoms with Crippen LogP contribution in [0.25, 0.3) is 6.08 Å². The molecule has 0 saturated heterocycles. The number of sulfone groups is 1. The van der Waals surface area contributed by atoms with Gasteiger partial charge >= 0.3 is 0 Å². The van der Waals surface area contributed by atoms with Crippen LogP contribution in [-0.2, 0) is 9.84 Å². The fourth-order valence-electron chi connectivity index (χ4n) is 1.31. The first kappa shape index (κ1) is 7.55. The molecular formula is C9H8O2S. The van der Waals surface area contributed by atoms with Crippen LogP contribution >= 0.6 is 0 Å². The van der Waals surface area contributed by atoms with Crippen LogP contribution in [0.1, 0.15) is 12.5 Å². The van der Waals surface area contributed by atoms with Crippen LogP contribution in [0.5, 0.6) is 0 Å². The molecule has 0 radical (unpaired) electrons. The number of fused-ring (bicyclic) bond motifs is 1. The quantitative estimate of drug-likeness (QED) is 0.610. The Kier molecular flexibility index (Phi) is 1.38. The smallest absolute Gasteiger partial charge is 0.203 e. The average Bonchev–Trinajstić information content (AvgIpc) is 2.25. The molecule has 1 aromatic carbocycles. The molecule has 2 rings (SSSR count). The van der Waals surface area contributed by atoms with E-state index in [9.17, 15) is 8.42 Å². The lowest BCUT2D eigenvalue weighted by Crippen LogP contribution is -1.96. The molecule has 1 aromatic rings. The SMILES string of the molecule is CC1=Cc2ccccc2S1(=O)=O. The number of hydrogen-bond acceptors (Lipinski definition) is 2. The standard InChI is InChI=1S/C9H8O2S/c1-7-6-8-4-2-3-5-9(8)12(7,10)11/h2-6H,1H3. The van der Waals surface area contributed by atoms with Gasteiger partial charge in [0.25, 0.3) is 0 Å². The highest BCUT2D eigenvalue weighted by Crippen LogP contribution is 2.31. The lowest BCUT2D eigenvalue weighted by molar-refractivity contribution is 0.603. The van der Waals surface area contributed by atoms with E-state index in [1.54, 1.807) is 25.1 Å². The molecule has 62 valence electrons. The second-order valence-electron chi connectivity index (χ2n) is 2.80. The van der Waals surface area contributed by atoms with Crippen LogP contribution in [0.2, 0.25) is 0 Å². The first-order chi connectivity index (χ1) is 5.62. The van der Waals surface area contributed by atoms with Crippen LogP contribution in [-0.4, -0.2) is 8.42 Å². The molecule has 0 atom stereocenters. The van der Waals surface area contributed by atoms with Crippen molar-refractivity contribution >= 4 is 15.9 Å². The third kappa shape index (κ3) is 0.830. The minimum Gasteiger partial charge on any atom is -0.219 e. The van der Waals surface area contributed by atoms with Gasteiger partial charge in [0.15, 0.2) is 0 Å². The van der Waals surface area contributed by atoms with E-state index in [1.807, 2.05) is 12.1 Å². The van der Waals surface area contributed by atoms with E-state index in [0.29, 0.717) is 9.80 Å². The van der Waals surface area contributed by atoms with Gasteiger partial charge in [-0.2, -0.15) is 0 Å². The lowest BCUT2D eigenvalue weighted by atomic mass is 10.2. The third-order valence-corrected chi connectivity index (χ3v) is 3.91. The third-order valence-electron chi connectivity index (χ3n) is 1.99. The maximum atomic E-state index is 11.5. The zero-order valence-electron chi connectivity index (χ0n) is 6.61. The summed E-state index contributed by atoms with van der Waals surface area (Å²) in [6, 6.07) is 7.02. The minimum atomic E-state index is -3.12.